The SMILES string of the molecule is CC(C)(NC(=O)CC1CNc2ccccc21)C1CC1. The van der Waals surface area contributed by atoms with E-state index in [1.165, 1.54) is 24.1 Å². The van der Waals surface area contributed by atoms with E-state index in [4.69, 9.17) is 0 Å². The molecule has 2 N–H and O–H groups in total. The van der Waals surface area contributed by atoms with Crippen LogP contribution in [0, 0.1) is 5.92 Å². The van der Waals surface area contributed by atoms with Crippen LogP contribution in [-0.2, 0) is 4.79 Å². The third-order valence-electron chi connectivity index (χ3n) is 4.43. The molecule has 1 aromatic rings. The number of anilines is 1. The molecule has 1 fully saturated rings. The number of hydrogen-bond donors (Lipinski definition) is 2. The number of carbonyl (C=O) groups is 1. The molecule has 1 aliphatic heterocycles. The van der Waals surface area contributed by atoms with E-state index in [-0.39, 0.29) is 11.4 Å². The Hall–Kier alpha value is -1.51. The van der Waals surface area contributed by atoms with Crippen molar-refractivity contribution in [1.82, 2.24) is 5.32 Å². The van der Waals surface area contributed by atoms with Gasteiger partial charge in [-0.25, -0.2) is 0 Å². The van der Waals surface area contributed by atoms with Gasteiger partial charge in [-0.05, 0) is 44.2 Å². The molecule has 0 bridgehead atoms. The summed E-state index contributed by atoms with van der Waals surface area (Å²) in [6, 6.07) is 8.29. The van der Waals surface area contributed by atoms with E-state index in [0.29, 0.717) is 18.3 Å². The van der Waals surface area contributed by atoms with Crippen LogP contribution in [0.25, 0.3) is 0 Å². The molecule has 1 unspecified atom stereocenters. The summed E-state index contributed by atoms with van der Waals surface area (Å²) in [5, 5.41) is 6.58. The fourth-order valence-corrected chi connectivity index (χ4v) is 3.08. The van der Waals surface area contributed by atoms with Gasteiger partial charge in [0.1, 0.15) is 0 Å². The fourth-order valence-electron chi connectivity index (χ4n) is 3.08. The molecule has 0 spiro atoms. The summed E-state index contributed by atoms with van der Waals surface area (Å²) in [7, 11) is 0. The molecule has 2 aliphatic rings. The molecule has 1 aliphatic carbocycles. The summed E-state index contributed by atoms with van der Waals surface area (Å²) in [6.07, 6.45) is 3.09. The quantitative estimate of drug-likeness (QED) is 0.872. The maximum Gasteiger partial charge on any atom is 0.221 e. The minimum atomic E-state index is -0.0391. The van der Waals surface area contributed by atoms with Crippen molar-refractivity contribution < 1.29 is 4.79 Å². The first-order valence-corrected chi connectivity index (χ1v) is 7.20. The van der Waals surface area contributed by atoms with Gasteiger partial charge in [0.2, 0.25) is 5.91 Å². The van der Waals surface area contributed by atoms with Crippen LogP contribution >= 0.6 is 0 Å². The number of nitrogens with one attached hydrogen (secondary N) is 2. The van der Waals surface area contributed by atoms with Gasteiger partial charge < -0.3 is 10.6 Å². The number of carbonyl (C=O) groups excluding carboxylic acids is 1. The zero-order chi connectivity index (χ0) is 13.5. The van der Waals surface area contributed by atoms with Gasteiger partial charge in [-0.2, -0.15) is 0 Å². The van der Waals surface area contributed by atoms with Crippen molar-refractivity contribution in [1.29, 1.82) is 0 Å². The van der Waals surface area contributed by atoms with Crippen molar-refractivity contribution in [3.8, 4) is 0 Å². The fraction of sp³-hybridized carbons (Fsp3) is 0.562. The zero-order valence-electron chi connectivity index (χ0n) is 11.7. The zero-order valence-corrected chi connectivity index (χ0v) is 11.7. The van der Waals surface area contributed by atoms with Crippen molar-refractivity contribution >= 4 is 11.6 Å². The molecule has 102 valence electrons. The smallest absolute Gasteiger partial charge is 0.221 e. The van der Waals surface area contributed by atoms with Crippen LogP contribution in [0.1, 0.15) is 44.6 Å². The first-order valence-electron chi connectivity index (χ1n) is 7.20. The van der Waals surface area contributed by atoms with Gasteiger partial charge in [-0.1, -0.05) is 18.2 Å². The molecule has 3 rings (SSSR count). The molecule has 1 saturated carbocycles. The van der Waals surface area contributed by atoms with E-state index in [0.717, 1.165) is 6.54 Å². The molecule has 1 atom stereocenters. The molecule has 3 heteroatoms. The summed E-state index contributed by atoms with van der Waals surface area (Å²) in [4.78, 5) is 12.2. The molecular formula is C16H22N2O. The lowest BCUT2D eigenvalue weighted by Gasteiger charge is -2.27. The summed E-state index contributed by atoms with van der Waals surface area (Å²) in [5.41, 5.74) is 2.42. The summed E-state index contributed by atoms with van der Waals surface area (Å²) in [5.74, 6) is 1.16. The van der Waals surface area contributed by atoms with Crippen LogP contribution in [0.3, 0.4) is 0 Å². The van der Waals surface area contributed by atoms with Crippen LogP contribution in [-0.4, -0.2) is 18.0 Å². The molecular weight excluding hydrogens is 236 g/mol. The lowest BCUT2D eigenvalue weighted by Crippen LogP contribution is -2.45. The summed E-state index contributed by atoms with van der Waals surface area (Å²) in [6.45, 7) is 5.16. The van der Waals surface area contributed by atoms with Gasteiger partial charge in [0.25, 0.3) is 0 Å². The van der Waals surface area contributed by atoms with Gasteiger partial charge in [-0.15, -0.1) is 0 Å². The Morgan fingerprint density at radius 2 is 2.11 bits per heavy atom. The Bertz CT molecular complexity index is 491. The minimum absolute atomic E-state index is 0.0391. The summed E-state index contributed by atoms with van der Waals surface area (Å²) < 4.78 is 0. The average molecular weight is 258 g/mol. The second kappa shape index (κ2) is 4.55. The second-order valence-electron chi connectivity index (χ2n) is 6.41. The third kappa shape index (κ3) is 2.60. The van der Waals surface area contributed by atoms with Gasteiger partial charge in [0, 0.05) is 30.1 Å². The minimum Gasteiger partial charge on any atom is -0.384 e. The Labute approximate surface area is 114 Å². The van der Waals surface area contributed by atoms with E-state index >= 15 is 0 Å². The second-order valence-corrected chi connectivity index (χ2v) is 6.41. The molecule has 1 amide bonds. The number of benzene rings is 1. The predicted octanol–water partition coefficient (Wildman–Crippen LogP) is 2.89. The predicted molar refractivity (Wildman–Crippen MR) is 77.2 cm³/mol. The van der Waals surface area contributed by atoms with Crippen molar-refractivity contribution in [2.24, 2.45) is 5.92 Å². The van der Waals surface area contributed by atoms with E-state index in [1.807, 2.05) is 12.1 Å². The lowest BCUT2D eigenvalue weighted by molar-refractivity contribution is -0.123. The molecule has 3 nitrogen and oxygen atoms in total. The molecule has 0 saturated heterocycles. The van der Waals surface area contributed by atoms with Crippen molar-refractivity contribution in [2.75, 3.05) is 11.9 Å². The van der Waals surface area contributed by atoms with Crippen molar-refractivity contribution in [2.45, 2.75) is 44.6 Å². The number of hydrogen-bond acceptors (Lipinski definition) is 2. The van der Waals surface area contributed by atoms with Crippen LogP contribution in [0.15, 0.2) is 24.3 Å². The van der Waals surface area contributed by atoms with Crippen LogP contribution < -0.4 is 10.6 Å². The molecule has 0 aromatic heterocycles. The Morgan fingerprint density at radius 1 is 1.37 bits per heavy atom. The standard InChI is InChI=1S/C16H22N2O/c1-16(2,12-7-8-12)18-15(19)9-11-10-17-14-6-4-3-5-13(11)14/h3-6,11-12,17H,7-10H2,1-2H3,(H,18,19). The Balaban J connectivity index is 1.62. The third-order valence-corrected chi connectivity index (χ3v) is 4.43. The first kappa shape index (κ1) is 12.5. The molecule has 1 aromatic carbocycles. The molecule has 1 heterocycles. The molecule has 0 radical (unpaired) electrons. The molecule has 19 heavy (non-hydrogen) atoms. The highest BCUT2D eigenvalue weighted by atomic mass is 16.1. The normalized spacial score (nSPS) is 21.7. The number of rotatable bonds is 4. The van der Waals surface area contributed by atoms with Crippen LogP contribution in [0.2, 0.25) is 0 Å². The van der Waals surface area contributed by atoms with Gasteiger partial charge in [-0.3, -0.25) is 4.79 Å². The van der Waals surface area contributed by atoms with Crippen molar-refractivity contribution in [3.63, 3.8) is 0 Å². The average Bonchev–Trinajstić information content (AvgIpc) is 3.14. The summed E-state index contributed by atoms with van der Waals surface area (Å²) >= 11 is 0. The number of para-hydroxylation sites is 1. The topological polar surface area (TPSA) is 41.1 Å². The first-order chi connectivity index (χ1) is 9.06. The van der Waals surface area contributed by atoms with Gasteiger partial charge in [0.15, 0.2) is 0 Å². The van der Waals surface area contributed by atoms with Crippen LogP contribution in [0.5, 0.6) is 0 Å². The van der Waals surface area contributed by atoms with E-state index in [9.17, 15) is 4.79 Å². The Morgan fingerprint density at radius 3 is 2.84 bits per heavy atom. The van der Waals surface area contributed by atoms with Gasteiger partial charge in [0.05, 0.1) is 0 Å². The Kier molecular flexibility index (Phi) is 3.00. The van der Waals surface area contributed by atoms with E-state index in [1.54, 1.807) is 0 Å². The van der Waals surface area contributed by atoms with E-state index < -0.39 is 0 Å². The highest BCUT2D eigenvalue weighted by Crippen LogP contribution is 2.39. The van der Waals surface area contributed by atoms with E-state index in [2.05, 4.69) is 36.6 Å². The van der Waals surface area contributed by atoms with Crippen LogP contribution in [0.4, 0.5) is 5.69 Å². The largest absolute Gasteiger partial charge is 0.384 e. The lowest BCUT2D eigenvalue weighted by atomic mass is 9.95. The number of fused-ring (bicyclic) bond motifs is 1. The maximum absolute atomic E-state index is 12.2. The van der Waals surface area contributed by atoms with Crippen molar-refractivity contribution in [3.05, 3.63) is 29.8 Å². The monoisotopic (exact) mass is 258 g/mol. The number of amides is 1. The maximum atomic E-state index is 12.2. The highest BCUT2D eigenvalue weighted by Gasteiger charge is 2.39. The van der Waals surface area contributed by atoms with Gasteiger partial charge >= 0.3 is 0 Å². The highest BCUT2D eigenvalue weighted by molar-refractivity contribution is 5.79.